The first-order chi connectivity index (χ1) is 9.09. The van der Waals surface area contributed by atoms with Crippen LogP contribution in [0.25, 0.3) is 22.0 Å². The summed E-state index contributed by atoms with van der Waals surface area (Å²) >= 11 is 0. The van der Waals surface area contributed by atoms with Crippen LogP contribution in [-0.4, -0.2) is 26.3 Å². The van der Waals surface area contributed by atoms with Crippen LogP contribution in [-0.2, 0) is 0 Å². The van der Waals surface area contributed by atoms with Crippen LogP contribution in [0.2, 0.25) is 0 Å². The molecule has 19 heavy (non-hydrogen) atoms. The van der Waals surface area contributed by atoms with Gasteiger partial charge in [-0.3, -0.25) is 15.0 Å². The van der Waals surface area contributed by atoms with Crippen molar-refractivity contribution in [3.63, 3.8) is 0 Å². The zero-order valence-electron chi connectivity index (χ0n) is 10.1. The topological polar surface area (TPSA) is 102 Å². The van der Waals surface area contributed by atoms with Crippen LogP contribution < -0.4 is 5.56 Å². The van der Waals surface area contributed by atoms with Gasteiger partial charge in [0.2, 0.25) is 0 Å². The molecule has 0 aliphatic carbocycles. The molecule has 6 heteroatoms. The molecule has 0 saturated carbocycles. The monoisotopic (exact) mass is 257 g/mol. The fourth-order valence-corrected chi connectivity index (χ4v) is 2.36. The fourth-order valence-electron chi connectivity index (χ4n) is 2.36. The molecule has 0 aliphatic heterocycles. The predicted octanol–water partition coefficient (Wildman–Crippen LogP) is 1.86. The molecule has 0 saturated heterocycles. The number of hydrogen-bond donors (Lipinski definition) is 4. The van der Waals surface area contributed by atoms with Crippen LogP contribution in [0, 0.1) is 6.92 Å². The summed E-state index contributed by atoms with van der Waals surface area (Å²) in [7, 11) is 0. The zero-order chi connectivity index (χ0) is 13.6. The number of benzene rings is 1. The summed E-state index contributed by atoms with van der Waals surface area (Å²) in [6, 6.07) is 7.46. The van der Waals surface area contributed by atoms with Crippen LogP contribution in [0.3, 0.4) is 0 Å². The van der Waals surface area contributed by atoms with Gasteiger partial charge >= 0.3 is 5.97 Å². The molecule has 2 heterocycles. The number of rotatable bonds is 2. The summed E-state index contributed by atoms with van der Waals surface area (Å²) in [4.78, 5) is 26.2. The van der Waals surface area contributed by atoms with E-state index in [0.717, 1.165) is 16.6 Å². The average Bonchev–Trinajstić information content (AvgIpc) is 2.88. The molecule has 4 N–H and O–H groups in total. The van der Waals surface area contributed by atoms with Crippen LogP contribution in [0.1, 0.15) is 16.2 Å². The van der Waals surface area contributed by atoms with E-state index in [9.17, 15) is 9.59 Å². The van der Waals surface area contributed by atoms with Crippen molar-refractivity contribution in [1.82, 2.24) is 15.2 Å². The number of fused-ring (bicyclic) bond motifs is 1. The summed E-state index contributed by atoms with van der Waals surface area (Å²) in [6.45, 7) is 1.81. The highest BCUT2D eigenvalue weighted by Gasteiger charge is 2.22. The first-order valence-electron chi connectivity index (χ1n) is 5.71. The number of carboxylic acid groups (broad SMARTS) is 1. The molecule has 0 fully saturated rings. The fraction of sp³-hybridized carbons (Fsp3) is 0.0769. The van der Waals surface area contributed by atoms with E-state index in [-0.39, 0.29) is 11.3 Å². The highest BCUT2D eigenvalue weighted by Crippen LogP contribution is 2.31. The number of aromatic nitrogens is 3. The van der Waals surface area contributed by atoms with Crippen LogP contribution >= 0.6 is 0 Å². The second-order valence-corrected chi connectivity index (χ2v) is 4.30. The maximum atomic E-state index is 11.9. The predicted molar refractivity (Wildman–Crippen MR) is 70.4 cm³/mol. The van der Waals surface area contributed by atoms with Gasteiger partial charge in [0, 0.05) is 22.2 Å². The molecule has 0 spiro atoms. The highest BCUT2D eigenvalue weighted by molar-refractivity contribution is 6.03. The Morgan fingerprint density at radius 3 is 2.63 bits per heavy atom. The third kappa shape index (κ3) is 1.57. The second kappa shape index (κ2) is 3.88. The number of para-hydroxylation sites is 1. The Morgan fingerprint density at radius 1 is 1.16 bits per heavy atom. The number of H-pyrrole nitrogens is 3. The number of hydrogen-bond acceptors (Lipinski definition) is 2. The first-order valence-corrected chi connectivity index (χ1v) is 5.71. The van der Waals surface area contributed by atoms with E-state index in [1.54, 1.807) is 0 Å². The number of carboxylic acids is 1. The standard InChI is InChI=1S/C13H11N3O3/c1-6-9(7-4-2-3-5-8(7)14-6)10-11(13(18)19)15-16-12(10)17/h2-5,14H,1H3,(H,18,19)(H2,15,16,17). The molecule has 0 radical (unpaired) electrons. The van der Waals surface area contributed by atoms with Gasteiger partial charge < -0.3 is 10.1 Å². The average molecular weight is 257 g/mol. The van der Waals surface area contributed by atoms with Gasteiger partial charge in [0.05, 0.1) is 5.56 Å². The SMILES string of the molecule is Cc1[nH]c2ccccc2c1-c1c(C(=O)O)[nH][nH]c1=O. The van der Waals surface area contributed by atoms with Crippen molar-refractivity contribution in [3.8, 4) is 11.1 Å². The summed E-state index contributed by atoms with van der Waals surface area (Å²) in [5.41, 5.74) is 1.83. The van der Waals surface area contributed by atoms with Gasteiger partial charge in [-0.2, -0.15) is 0 Å². The lowest BCUT2D eigenvalue weighted by atomic mass is 10.0. The minimum Gasteiger partial charge on any atom is -0.477 e. The number of carbonyl (C=O) groups is 1. The number of aryl methyl sites for hydroxylation is 1. The van der Waals surface area contributed by atoms with Gasteiger partial charge in [-0.15, -0.1) is 0 Å². The molecule has 0 atom stereocenters. The van der Waals surface area contributed by atoms with Gasteiger partial charge in [-0.25, -0.2) is 4.79 Å². The molecular formula is C13H11N3O3. The van der Waals surface area contributed by atoms with Crippen LogP contribution in [0.5, 0.6) is 0 Å². The Labute approximate surface area is 107 Å². The van der Waals surface area contributed by atoms with E-state index in [0.29, 0.717) is 5.56 Å². The maximum absolute atomic E-state index is 11.9. The molecule has 0 amide bonds. The summed E-state index contributed by atoms with van der Waals surface area (Å²) in [6.07, 6.45) is 0. The van der Waals surface area contributed by atoms with Crippen molar-refractivity contribution >= 4 is 16.9 Å². The summed E-state index contributed by atoms with van der Waals surface area (Å²) in [5, 5.41) is 14.7. The molecule has 1 aromatic carbocycles. The van der Waals surface area contributed by atoms with E-state index in [4.69, 9.17) is 5.11 Å². The van der Waals surface area contributed by atoms with E-state index < -0.39 is 11.5 Å². The Balaban J connectivity index is 2.43. The van der Waals surface area contributed by atoms with Gasteiger partial charge in [0.25, 0.3) is 5.56 Å². The van der Waals surface area contributed by atoms with Gasteiger partial charge in [-0.05, 0) is 13.0 Å². The Bertz CT molecular complexity index is 838. The van der Waals surface area contributed by atoms with Crippen molar-refractivity contribution < 1.29 is 9.90 Å². The Hall–Kier alpha value is -2.76. The second-order valence-electron chi connectivity index (χ2n) is 4.30. The molecule has 96 valence electrons. The smallest absolute Gasteiger partial charge is 0.354 e. The lowest BCUT2D eigenvalue weighted by Crippen LogP contribution is -2.05. The van der Waals surface area contributed by atoms with E-state index >= 15 is 0 Å². The number of nitrogens with one attached hydrogen (secondary N) is 3. The molecule has 3 aromatic rings. The van der Waals surface area contributed by atoms with E-state index in [1.807, 2.05) is 31.2 Å². The van der Waals surface area contributed by atoms with Gasteiger partial charge in [-0.1, -0.05) is 18.2 Å². The van der Waals surface area contributed by atoms with Crippen molar-refractivity contribution in [1.29, 1.82) is 0 Å². The maximum Gasteiger partial charge on any atom is 0.354 e. The van der Waals surface area contributed by atoms with Crippen molar-refractivity contribution in [3.05, 3.63) is 46.0 Å². The lowest BCUT2D eigenvalue weighted by Gasteiger charge is -1.99. The minimum absolute atomic E-state index is 0.127. The molecule has 6 nitrogen and oxygen atoms in total. The molecule has 2 aromatic heterocycles. The molecule has 0 aliphatic rings. The van der Waals surface area contributed by atoms with Crippen molar-refractivity contribution in [2.45, 2.75) is 6.92 Å². The summed E-state index contributed by atoms with van der Waals surface area (Å²) in [5.74, 6) is -1.17. The largest absolute Gasteiger partial charge is 0.477 e. The molecule has 0 unspecified atom stereocenters. The molecule has 3 rings (SSSR count). The van der Waals surface area contributed by atoms with Gasteiger partial charge in [0.15, 0.2) is 5.69 Å². The number of aromatic amines is 3. The van der Waals surface area contributed by atoms with Crippen molar-refractivity contribution in [2.75, 3.05) is 0 Å². The number of aromatic carboxylic acids is 1. The van der Waals surface area contributed by atoms with Gasteiger partial charge in [0.1, 0.15) is 0 Å². The third-order valence-corrected chi connectivity index (χ3v) is 3.14. The van der Waals surface area contributed by atoms with Crippen LogP contribution in [0.15, 0.2) is 29.1 Å². The van der Waals surface area contributed by atoms with E-state index in [1.165, 1.54) is 0 Å². The normalized spacial score (nSPS) is 11.0. The van der Waals surface area contributed by atoms with E-state index in [2.05, 4.69) is 15.2 Å². The Kier molecular flexibility index (Phi) is 2.31. The lowest BCUT2D eigenvalue weighted by molar-refractivity contribution is 0.0691. The highest BCUT2D eigenvalue weighted by atomic mass is 16.4. The minimum atomic E-state index is -1.17. The Morgan fingerprint density at radius 2 is 1.89 bits per heavy atom. The molecule has 0 bridgehead atoms. The van der Waals surface area contributed by atoms with Crippen LogP contribution in [0.4, 0.5) is 0 Å². The van der Waals surface area contributed by atoms with Crippen molar-refractivity contribution in [2.24, 2.45) is 0 Å². The first kappa shape index (κ1) is 11.3. The zero-order valence-corrected chi connectivity index (χ0v) is 10.1. The third-order valence-electron chi connectivity index (χ3n) is 3.14. The quantitative estimate of drug-likeness (QED) is 0.563. The molecular weight excluding hydrogens is 246 g/mol. The summed E-state index contributed by atoms with van der Waals surface area (Å²) < 4.78 is 0.